The lowest BCUT2D eigenvalue weighted by Crippen LogP contribution is -2.41. The number of benzene rings is 1. The van der Waals surface area contributed by atoms with Gasteiger partial charge in [0.2, 0.25) is 5.91 Å². The highest BCUT2D eigenvalue weighted by molar-refractivity contribution is 9.10. The van der Waals surface area contributed by atoms with Crippen molar-refractivity contribution >= 4 is 33.6 Å². The van der Waals surface area contributed by atoms with Crippen molar-refractivity contribution in [1.29, 1.82) is 0 Å². The van der Waals surface area contributed by atoms with Crippen molar-refractivity contribution in [3.05, 3.63) is 28.0 Å². The summed E-state index contributed by atoms with van der Waals surface area (Å²) < 4.78 is 19.3. The minimum atomic E-state index is -0.728. The van der Waals surface area contributed by atoms with Crippen LogP contribution in [0.4, 0.5) is 14.9 Å². The molecule has 0 N–H and O–H groups in total. The normalized spacial score (nSPS) is 18.9. The number of anilines is 1. The van der Waals surface area contributed by atoms with Crippen LogP contribution in [0.1, 0.15) is 39.2 Å². The molecular formula is C15H15BrFNO3. The largest absolute Gasteiger partial charge is 0.443 e. The molecule has 2 amide bonds. The van der Waals surface area contributed by atoms with Gasteiger partial charge in [0.25, 0.3) is 0 Å². The molecule has 1 saturated carbocycles. The molecule has 1 aliphatic carbocycles. The van der Waals surface area contributed by atoms with Crippen molar-refractivity contribution in [2.45, 2.75) is 44.6 Å². The third kappa shape index (κ3) is 2.16. The number of imide groups is 1. The van der Waals surface area contributed by atoms with Gasteiger partial charge >= 0.3 is 6.09 Å². The molecule has 1 heterocycles. The predicted octanol–water partition coefficient (Wildman–Crippen LogP) is 3.90. The molecular weight excluding hydrogens is 341 g/mol. The van der Waals surface area contributed by atoms with Crippen molar-refractivity contribution in [2.75, 3.05) is 4.90 Å². The zero-order valence-corrected chi connectivity index (χ0v) is 13.6. The quantitative estimate of drug-likeness (QED) is 0.708. The topological polar surface area (TPSA) is 46.6 Å². The minimum Gasteiger partial charge on any atom is -0.443 e. The van der Waals surface area contributed by atoms with E-state index >= 15 is 0 Å². The highest BCUT2D eigenvalue weighted by Crippen LogP contribution is 2.58. The molecule has 1 aromatic rings. The van der Waals surface area contributed by atoms with Crippen LogP contribution in [-0.4, -0.2) is 17.6 Å². The lowest BCUT2D eigenvalue weighted by Gasteiger charge is -2.24. The van der Waals surface area contributed by atoms with Gasteiger partial charge < -0.3 is 4.74 Å². The van der Waals surface area contributed by atoms with Crippen LogP contribution in [-0.2, 0) is 14.9 Å². The molecule has 0 saturated heterocycles. The van der Waals surface area contributed by atoms with E-state index in [0.29, 0.717) is 24.1 Å². The number of rotatable bonds is 0. The minimum absolute atomic E-state index is 0.223. The molecule has 0 bridgehead atoms. The predicted molar refractivity (Wildman–Crippen MR) is 78.7 cm³/mol. The number of ether oxygens (including phenoxy) is 1. The van der Waals surface area contributed by atoms with Gasteiger partial charge in [0.05, 0.1) is 15.6 Å². The Labute approximate surface area is 130 Å². The van der Waals surface area contributed by atoms with Gasteiger partial charge in [-0.3, -0.25) is 4.79 Å². The maximum absolute atomic E-state index is 13.8. The van der Waals surface area contributed by atoms with Crippen LogP contribution in [0.3, 0.4) is 0 Å². The molecule has 0 unspecified atom stereocenters. The number of halogens is 2. The second kappa shape index (κ2) is 4.29. The summed E-state index contributed by atoms with van der Waals surface area (Å²) >= 11 is 3.10. The molecule has 6 heteroatoms. The first-order valence-electron chi connectivity index (χ1n) is 6.73. The van der Waals surface area contributed by atoms with E-state index in [1.807, 2.05) is 0 Å². The van der Waals surface area contributed by atoms with E-state index in [2.05, 4.69) is 15.9 Å². The first-order chi connectivity index (χ1) is 9.66. The number of nitrogens with zero attached hydrogens (tertiary/aromatic N) is 1. The summed E-state index contributed by atoms with van der Waals surface area (Å²) in [6, 6.07) is 2.81. The van der Waals surface area contributed by atoms with Gasteiger partial charge in [-0.05, 0) is 67.2 Å². The highest BCUT2D eigenvalue weighted by Gasteiger charge is 2.61. The van der Waals surface area contributed by atoms with Crippen LogP contribution in [0, 0.1) is 5.82 Å². The summed E-state index contributed by atoms with van der Waals surface area (Å²) in [5, 5.41) is 0. The monoisotopic (exact) mass is 355 g/mol. The van der Waals surface area contributed by atoms with Crippen molar-refractivity contribution in [1.82, 2.24) is 0 Å². The Kier molecular flexibility index (Phi) is 2.96. The molecule has 4 nitrogen and oxygen atoms in total. The van der Waals surface area contributed by atoms with Crippen molar-refractivity contribution in [3.8, 4) is 0 Å². The van der Waals surface area contributed by atoms with Gasteiger partial charge in [-0.15, -0.1) is 0 Å². The van der Waals surface area contributed by atoms with Crippen LogP contribution in [0.5, 0.6) is 0 Å². The van der Waals surface area contributed by atoms with Crippen molar-refractivity contribution in [2.24, 2.45) is 0 Å². The standard InChI is InChI=1S/C15H15BrFNO3/c1-14(2,3)21-13(20)18-11-7-9(16)10(17)6-8(11)15(4-5-15)12(18)19/h6-7H,4-5H2,1-3H3. The number of carbonyl (C=O) groups is 2. The molecule has 0 atom stereocenters. The Morgan fingerprint density at radius 3 is 2.52 bits per heavy atom. The number of hydrogen-bond donors (Lipinski definition) is 0. The maximum Gasteiger partial charge on any atom is 0.421 e. The number of hydrogen-bond acceptors (Lipinski definition) is 3. The summed E-state index contributed by atoms with van der Waals surface area (Å²) in [5.41, 5.74) is -0.430. The molecule has 1 aromatic carbocycles. The van der Waals surface area contributed by atoms with Gasteiger partial charge in [0, 0.05) is 0 Å². The van der Waals surface area contributed by atoms with E-state index in [1.54, 1.807) is 20.8 Å². The summed E-state index contributed by atoms with van der Waals surface area (Å²) in [5.74, 6) is -0.747. The lowest BCUT2D eigenvalue weighted by atomic mass is 9.98. The van der Waals surface area contributed by atoms with Crippen molar-refractivity contribution < 1.29 is 18.7 Å². The Balaban J connectivity index is 2.07. The summed E-state index contributed by atoms with van der Waals surface area (Å²) in [7, 11) is 0. The Bertz CT molecular complexity index is 662. The zero-order chi connectivity index (χ0) is 15.6. The van der Waals surface area contributed by atoms with E-state index in [9.17, 15) is 14.0 Å². The van der Waals surface area contributed by atoms with E-state index < -0.39 is 22.9 Å². The molecule has 3 rings (SSSR count). The summed E-state index contributed by atoms with van der Waals surface area (Å²) in [6.07, 6.45) is 0.564. The number of carbonyl (C=O) groups excluding carboxylic acids is 2. The molecule has 0 aromatic heterocycles. The van der Waals surface area contributed by atoms with Gasteiger partial charge in [-0.1, -0.05) is 0 Å². The fraction of sp³-hybridized carbons (Fsp3) is 0.467. The highest BCUT2D eigenvalue weighted by atomic mass is 79.9. The smallest absolute Gasteiger partial charge is 0.421 e. The Hall–Kier alpha value is -1.43. The van der Waals surface area contributed by atoms with Crippen LogP contribution >= 0.6 is 15.9 Å². The molecule has 2 aliphatic rings. The Morgan fingerprint density at radius 1 is 1.38 bits per heavy atom. The molecule has 1 spiro atoms. The Morgan fingerprint density at radius 2 is 2.00 bits per heavy atom. The number of fused-ring (bicyclic) bond motifs is 2. The van der Waals surface area contributed by atoms with E-state index in [-0.39, 0.29) is 10.4 Å². The van der Waals surface area contributed by atoms with E-state index in [1.165, 1.54) is 12.1 Å². The van der Waals surface area contributed by atoms with Gasteiger partial charge in [0.15, 0.2) is 0 Å². The van der Waals surface area contributed by atoms with Crippen LogP contribution < -0.4 is 4.90 Å². The summed E-state index contributed by atoms with van der Waals surface area (Å²) in [4.78, 5) is 25.9. The average Bonchev–Trinajstić information content (AvgIpc) is 3.08. The fourth-order valence-corrected chi connectivity index (χ4v) is 2.97. The first-order valence-corrected chi connectivity index (χ1v) is 7.52. The van der Waals surface area contributed by atoms with Crippen molar-refractivity contribution in [3.63, 3.8) is 0 Å². The lowest BCUT2D eigenvalue weighted by molar-refractivity contribution is -0.120. The second-order valence-electron chi connectivity index (χ2n) is 6.49. The zero-order valence-electron chi connectivity index (χ0n) is 12.0. The summed E-state index contributed by atoms with van der Waals surface area (Å²) in [6.45, 7) is 5.21. The van der Waals surface area contributed by atoms with Gasteiger partial charge in [-0.25, -0.2) is 14.1 Å². The number of amides is 2. The molecule has 1 fully saturated rings. The fourth-order valence-electron chi connectivity index (χ4n) is 2.64. The van der Waals surface area contributed by atoms with Crippen LogP contribution in [0.2, 0.25) is 0 Å². The van der Waals surface area contributed by atoms with Gasteiger partial charge in [-0.2, -0.15) is 0 Å². The second-order valence-corrected chi connectivity index (χ2v) is 7.34. The van der Waals surface area contributed by atoms with Crippen LogP contribution in [0.25, 0.3) is 0 Å². The molecule has 0 radical (unpaired) electrons. The SMILES string of the molecule is CC(C)(C)OC(=O)N1C(=O)C2(CC2)c2cc(F)c(Br)cc21. The third-order valence-corrected chi connectivity index (χ3v) is 4.34. The maximum atomic E-state index is 13.8. The average molecular weight is 356 g/mol. The van der Waals surface area contributed by atoms with E-state index in [0.717, 1.165) is 4.90 Å². The van der Waals surface area contributed by atoms with E-state index in [4.69, 9.17) is 4.74 Å². The first kappa shape index (κ1) is 14.5. The molecule has 112 valence electrons. The molecule has 21 heavy (non-hydrogen) atoms. The van der Waals surface area contributed by atoms with Gasteiger partial charge in [0.1, 0.15) is 11.4 Å². The third-order valence-electron chi connectivity index (χ3n) is 3.73. The molecule has 1 aliphatic heterocycles. The van der Waals surface area contributed by atoms with Crippen LogP contribution in [0.15, 0.2) is 16.6 Å².